The molecule has 0 heterocycles. The Bertz CT molecular complexity index is 2800. The van der Waals surface area contributed by atoms with Crippen molar-refractivity contribution in [3.8, 4) is 0 Å². The van der Waals surface area contributed by atoms with Crippen molar-refractivity contribution in [2.75, 3.05) is 0 Å². The SMILES string of the molecule is CCCCCCCCCCCCc1ccccc1I([O][Sb](=[O])([O]I(c1ccccc1CCCCCCCCCCCC)c1ccccc1CCCCCCCCCCCC)[O]I(c1ccccc1CCCCCCCCCCCC)c1ccccc1CCCCCCCCCCCC)c1ccccc1CCCCCCCCCCCC. The van der Waals surface area contributed by atoms with Crippen LogP contribution >= 0.6 is 60.7 Å². The van der Waals surface area contributed by atoms with E-state index in [2.05, 4.69) is 187 Å². The van der Waals surface area contributed by atoms with Gasteiger partial charge in [-0.2, -0.15) is 0 Å². The van der Waals surface area contributed by atoms with E-state index < -0.39 is 80.8 Å². The van der Waals surface area contributed by atoms with Gasteiger partial charge in [0.2, 0.25) is 0 Å². The Morgan fingerprint density at radius 2 is 0.284 bits per heavy atom. The zero-order chi connectivity index (χ0) is 81.9. The molecule has 0 unspecified atom stereocenters. The monoisotopic (exact) mass is 2040 g/mol. The first kappa shape index (κ1) is 103. The first-order chi connectivity index (χ1) is 57.4. The summed E-state index contributed by atoms with van der Waals surface area (Å²) in [4.78, 5) is 0. The van der Waals surface area contributed by atoms with Gasteiger partial charge in [-0.3, -0.25) is 0 Å². The van der Waals surface area contributed by atoms with Crippen LogP contribution in [-0.4, -0.2) is 20.1 Å². The average Bonchev–Trinajstić information content (AvgIpc) is 0.767. The van der Waals surface area contributed by atoms with Crippen LogP contribution in [-0.2, 0) is 45.6 Å². The molecular weight excluding hydrogens is 1860 g/mol. The third-order valence-electron chi connectivity index (χ3n) is 24.1. The molecule has 0 aliphatic carbocycles. The molecule has 6 rings (SSSR count). The molecule has 0 fully saturated rings. The molecule has 0 aromatic heterocycles. The van der Waals surface area contributed by atoms with Crippen molar-refractivity contribution in [2.45, 2.75) is 465 Å². The van der Waals surface area contributed by atoms with Crippen molar-refractivity contribution >= 4 is 80.8 Å². The fraction of sp³-hybridized carbons (Fsp3) is 0.667. The van der Waals surface area contributed by atoms with Gasteiger partial charge in [-0.25, -0.2) is 0 Å². The minimum Gasteiger partial charge on any atom is -0.0654 e. The molecule has 6 aromatic rings. The topological polar surface area (TPSA) is 44.8 Å². The number of aryl methyl sites for hydroxylation is 6. The number of hydrogen-bond donors (Lipinski definition) is 0. The summed E-state index contributed by atoms with van der Waals surface area (Å²) >= 11 is -15.9. The van der Waals surface area contributed by atoms with E-state index in [1.165, 1.54) is 402 Å². The van der Waals surface area contributed by atoms with Crippen molar-refractivity contribution in [3.63, 3.8) is 0 Å². The van der Waals surface area contributed by atoms with Gasteiger partial charge in [-0.15, -0.1) is 0 Å². The maximum absolute atomic E-state index is 19.0. The smallest absolute Gasteiger partial charge is 0.0654 e. The van der Waals surface area contributed by atoms with Crippen LogP contribution in [0.2, 0.25) is 0 Å². The first-order valence-electron chi connectivity index (χ1n) is 49.7. The summed E-state index contributed by atoms with van der Waals surface area (Å²) in [5, 5.41) is 0. The van der Waals surface area contributed by atoms with Crippen molar-refractivity contribution in [3.05, 3.63) is 200 Å². The Morgan fingerprint density at radius 1 is 0.172 bits per heavy atom. The molecule has 0 radical (unpaired) electrons. The molecule has 0 saturated carbocycles. The van der Waals surface area contributed by atoms with Crippen LogP contribution in [0.5, 0.6) is 0 Å². The molecule has 0 atom stereocenters. The van der Waals surface area contributed by atoms with Gasteiger partial charge < -0.3 is 0 Å². The fourth-order valence-corrected chi connectivity index (χ4v) is 59.0. The Kier molecular flexibility index (Phi) is 62.3. The van der Waals surface area contributed by atoms with Gasteiger partial charge >= 0.3 is 673 Å². The first-order valence-corrected chi connectivity index (χ1v) is 62.9. The molecule has 0 bridgehead atoms. The number of halogens is 3. The van der Waals surface area contributed by atoms with E-state index >= 15 is 3.02 Å². The Balaban J connectivity index is 1.54. The van der Waals surface area contributed by atoms with Gasteiger partial charge in [0.1, 0.15) is 0 Å². The Morgan fingerprint density at radius 3 is 0.414 bits per heavy atom. The van der Waals surface area contributed by atoms with Gasteiger partial charge in [0.15, 0.2) is 0 Å². The van der Waals surface area contributed by atoms with Gasteiger partial charge in [0.05, 0.1) is 0 Å². The van der Waals surface area contributed by atoms with Crippen molar-refractivity contribution in [1.82, 2.24) is 0 Å². The van der Waals surface area contributed by atoms with E-state index in [9.17, 15) is 0 Å². The molecule has 0 saturated heterocycles. The second kappa shape index (κ2) is 70.3. The van der Waals surface area contributed by atoms with E-state index in [1.54, 1.807) is 0 Å². The third kappa shape index (κ3) is 45.1. The molecule has 0 aliphatic heterocycles. The zero-order valence-electron chi connectivity index (χ0n) is 75.7. The summed E-state index contributed by atoms with van der Waals surface area (Å²) in [5.41, 5.74) is 8.23. The van der Waals surface area contributed by atoms with Crippen LogP contribution in [0, 0.1) is 21.4 Å². The number of benzene rings is 6. The van der Waals surface area contributed by atoms with E-state index in [0.29, 0.717) is 0 Å². The Hall–Kier alpha value is -1.99. The second-order valence-corrected chi connectivity index (χ2v) is 57.4. The van der Waals surface area contributed by atoms with Crippen LogP contribution in [0.25, 0.3) is 0 Å². The quantitative estimate of drug-likeness (QED) is 0.0217. The van der Waals surface area contributed by atoms with Crippen LogP contribution in [0.15, 0.2) is 146 Å². The van der Waals surface area contributed by atoms with Gasteiger partial charge in [0.25, 0.3) is 0 Å². The van der Waals surface area contributed by atoms with E-state index in [1.807, 2.05) is 0 Å². The molecule has 6 aromatic carbocycles. The molecular formula is C108H174I3O4Sb. The number of unbranched alkanes of at least 4 members (excludes halogenated alkanes) is 54. The maximum atomic E-state index is 19.0. The van der Waals surface area contributed by atoms with E-state index in [4.69, 9.17) is 4.03 Å². The predicted molar refractivity (Wildman–Crippen MR) is 536 cm³/mol. The van der Waals surface area contributed by atoms with Crippen LogP contribution in [0.1, 0.15) is 460 Å². The summed E-state index contributed by atoms with van der Waals surface area (Å²) in [5.74, 6) is 0. The molecule has 8 heteroatoms. The third-order valence-corrected chi connectivity index (χ3v) is 57.0. The minimum atomic E-state index is -6.18. The molecule has 0 spiro atoms. The van der Waals surface area contributed by atoms with Crippen molar-refractivity contribution in [1.29, 1.82) is 0 Å². The molecule has 4 nitrogen and oxygen atoms in total. The summed E-state index contributed by atoms with van der Waals surface area (Å²) in [6, 6.07) is 56.3. The number of hydrogen-bond acceptors (Lipinski definition) is 4. The fourth-order valence-electron chi connectivity index (χ4n) is 16.9. The van der Waals surface area contributed by atoms with Crippen molar-refractivity contribution < 1.29 is 7.05 Å². The normalized spacial score (nSPS) is 12.2. The summed E-state index contributed by atoms with van der Waals surface area (Å²) in [7, 11) is 0. The molecule has 0 amide bonds. The Labute approximate surface area is 746 Å². The van der Waals surface area contributed by atoms with Gasteiger partial charge in [-0.05, 0) is 0 Å². The summed E-state index contributed by atoms with van der Waals surface area (Å²) < 4.78 is 52.2. The standard InChI is InChI=1S/3C36H58IO.O.Sb/c3*1-3-5-7-9-11-13-15-17-19-21-27-33-29-23-25-31-35(33)37(38)36-32-26-24-30-34(36)28-22-20-18-16-14-12-10-8-6-4-2;;/h3*23-26,29-32H,3-22,27-28H2,1-2H3;;/q3*-1;;+3. The predicted octanol–water partition coefficient (Wildman–Crippen LogP) is 37.2. The molecule has 0 N–H and O–H groups in total. The van der Waals surface area contributed by atoms with Crippen LogP contribution in [0.3, 0.4) is 0 Å². The molecule has 116 heavy (non-hydrogen) atoms. The van der Waals surface area contributed by atoms with Crippen molar-refractivity contribution in [2.24, 2.45) is 0 Å². The van der Waals surface area contributed by atoms with Gasteiger partial charge in [0, 0.05) is 0 Å². The molecule has 0 aliphatic rings. The van der Waals surface area contributed by atoms with Crippen LogP contribution < -0.4 is 0 Å². The zero-order valence-corrected chi connectivity index (χ0v) is 84.8. The average molecular weight is 2040 g/mol. The number of rotatable bonds is 78. The van der Waals surface area contributed by atoms with E-state index in [0.717, 1.165) is 77.0 Å². The van der Waals surface area contributed by atoms with Gasteiger partial charge in [-0.1, -0.05) is 80.1 Å². The van der Waals surface area contributed by atoms with E-state index in [-0.39, 0.29) is 0 Å². The second-order valence-electron chi connectivity index (χ2n) is 34.5. The summed E-state index contributed by atoms with van der Waals surface area (Å²) in [6.07, 6.45) is 84.3. The van der Waals surface area contributed by atoms with Crippen LogP contribution in [0.4, 0.5) is 0 Å². The minimum absolute atomic E-state index is 0.987. The summed E-state index contributed by atoms with van der Waals surface area (Å²) in [6.45, 7) is 14.0. The molecule has 656 valence electrons.